The molecule has 0 amide bonds. The Hall–Kier alpha value is -1.46. The molecule has 0 fully saturated rings. The predicted octanol–water partition coefficient (Wildman–Crippen LogP) is 5.82. The van der Waals surface area contributed by atoms with Crippen LogP contribution in [0.15, 0.2) is 53.0 Å². The predicted molar refractivity (Wildman–Crippen MR) is 88.5 cm³/mol. The normalized spacial score (nSPS) is 10.8. The van der Waals surface area contributed by atoms with Gasteiger partial charge in [-0.25, -0.2) is 9.37 Å². The van der Waals surface area contributed by atoms with E-state index in [1.54, 1.807) is 6.07 Å². The van der Waals surface area contributed by atoms with Crippen LogP contribution in [-0.4, -0.2) is 4.98 Å². The molecule has 3 aromatic rings. The molecule has 0 saturated heterocycles. The van der Waals surface area contributed by atoms with E-state index in [9.17, 15) is 4.39 Å². The van der Waals surface area contributed by atoms with E-state index in [-0.39, 0.29) is 5.82 Å². The van der Waals surface area contributed by atoms with Crippen LogP contribution < -0.4 is 4.74 Å². The maximum atomic E-state index is 13.4. The van der Waals surface area contributed by atoms with Gasteiger partial charge in [-0.05, 0) is 24.3 Å². The molecule has 0 atom stereocenters. The third-order valence-corrected chi connectivity index (χ3v) is 4.02. The van der Waals surface area contributed by atoms with Crippen LogP contribution in [0.1, 0.15) is 5.56 Å². The van der Waals surface area contributed by atoms with Crippen molar-refractivity contribution in [1.82, 2.24) is 4.98 Å². The maximum absolute atomic E-state index is 13.4. The molecule has 106 valence electrons. The first kappa shape index (κ1) is 14.5. The molecule has 0 spiro atoms. The number of fused-ring (bicyclic) bond motifs is 1. The van der Waals surface area contributed by atoms with E-state index in [0.29, 0.717) is 21.4 Å². The van der Waals surface area contributed by atoms with Gasteiger partial charge in [-0.2, -0.15) is 0 Å². The van der Waals surface area contributed by atoms with E-state index in [1.807, 2.05) is 30.3 Å². The number of benzene rings is 2. The van der Waals surface area contributed by atoms with E-state index < -0.39 is 0 Å². The van der Waals surface area contributed by atoms with Crippen molar-refractivity contribution in [1.29, 1.82) is 0 Å². The minimum absolute atomic E-state index is 0.361. The fourth-order valence-electron chi connectivity index (χ4n) is 2.03. The number of nitrogens with zero attached hydrogens (tertiary/aromatic N) is 1. The lowest BCUT2D eigenvalue weighted by Gasteiger charge is -2.10. The van der Waals surface area contributed by atoms with Crippen LogP contribution in [0.3, 0.4) is 0 Å². The Kier molecular flexibility index (Phi) is 4.22. The molecule has 2 aromatic carbocycles. The zero-order chi connectivity index (χ0) is 14.8. The number of aromatic nitrogens is 1. The number of para-hydroxylation sites is 1. The van der Waals surface area contributed by atoms with Gasteiger partial charge in [0.1, 0.15) is 11.6 Å². The van der Waals surface area contributed by atoms with Crippen molar-refractivity contribution in [2.75, 3.05) is 0 Å². The summed E-state index contributed by atoms with van der Waals surface area (Å²) in [7, 11) is 0. The number of ether oxygens (including phenoxy) is 1. The number of alkyl halides is 1. The largest absolute Gasteiger partial charge is 0.439 e. The summed E-state index contributed by atoms with van der Waals surface area (Å²) in [6.45, 7) is 0. The lowest BCUT2D eigenvalue weighted by molar-refractivity contribution is 0.455. The average molecular weight is 411 g/mol. The van der Waals surface area contributed by atoms with Crippen LogP contribution in [0, 0.1) is 5.82 Å². The molecular weight excluding hydrogens is 401 g/mol. The Labute approximate surface area is 138 Å². The van der Waals surface area contributed by atoms with Crippen molar-refractivity contribution in [3.63, 3.8) is 0 Å². The molecule has 0 aliphatic heterocycles. The number of hydrogen-bond donors (Lipinski definition) is 0. The van der Waals surface area contributed by atoms with Gasteiger partial charge >= 0.3 is 0 Å². The van der Waals surface area contributed by atoms with Crippen molar-refractivity contribution in [3.05, 3.63) is 64.4 Å². The molecule has 5 heteroatoms. The van der Waals surface area contributed by atoms with Crippen molar-refractivity contribution in [2.24, 2.45) is 0 Å². The zero-order valence-electron chi connectivity index (χ0n) is 10.8. The first-order valence-corrected chi connectivity index (χ1v) is 8.16. The smallest absolute Gasteiger partial charge is 0.223 e. The van der Waals surface area contributed by atoms with Gasteiger partial charge in [0.05, 0.1) is 5.52 Å². The Morgan fingerprint density at radius 1 is 1.10 bits per heavy atom. The second-order valence-electron chi connectivity index (χ2n) is 4.49. The van der Waals surface area contributed by atoms with E-state index >= 15 is 0 Å². The molecule has 2 nitrogen and oxygen atoms in total. The van der Waals surface area contributed by atoms with Crippen LogP contribution in [0.2, 0.25) is 0 Å². The topological polar surface area (TPSA) is 22.1 Å². The molecule has 1 heterocycles. The van der Waals surface area contributed by atoms with Crippen LogP contribution in [0.4, 0.5) is 4.39 Å². The lowest BCUT2D eigenvalue weighted by atomic mass is 10.2. The van der Waals surface area contributed by atoms with E-state index in [0.717, 1.165) is 16.5 Å². The monoisotopic (exact) mass is 409 g/mol. The zero-order valence-corrected chi connectivity index (χ0v) is 14.0. The quantitative estimate of drug-likeness (QED) is 0.507. The molecule has 0 unspecified atom stereocenters. The summed E-state index contributed by atoms with van der Waals surface area (Å²) in [4.78, 5) is 4.51. The molecule has 1 aromatic heterocycles. The molecule has 0 aliphatic rings. The minimum Gasteiger partial charge on any atom is -0.439 e. The third-order valence-electron chi connectivity index (χ3n) is 2.96. The Bertz CT molecular complexity index is 787. The summed E-state index contributed by atoms with van der Waals surface area (Å²) in [6, 6.07) is 14.2. The summed E-state index contributed by atoms with van der Waals surface area (Å²) in [5.41, 5.74) is 1.75. The van der Waals surface area contributed by atoms with Crippen molar-refractivity contribution >= 4 is 42.8 Å². The highest BCUT2D eigenvalue weighted by Crippen LogP contribution is 2.30. The minimum atomic E-state index is -0.361. The highest BCUT2D eigenvalue weighted by atomic mass is 79.9. The van der Waals surface area contributed by atoms with Crippen molar-refractivity contribution in [3.8, 4) is 11.6 Å². The van der Waals surface area contributed by atoms with Crippen molar-refractivity contribution < 1.29 is 9.13 Å². The van der Waals surface area contributed by atoms with Gasteiger partial charge in [0.25, 0.3) is 0 Å². The van der Waals surface area contributed by atoms with Crippen molar-refractivity contribution in [2.45, 2.75) is 5.33 Å². The third kappa shape index (κ3) is 3.24. The molecule has 0 N–H and O–H groups in total. The molecule has 0 aliphatic carbocycles. The van der Waals surface area contributed by atoms with E-state index in [4.69, 9.17) is 4.74 Å². The van der Waals surface area contributed by atoms with Crippen LogP contribution in [-0.2, 0) is 5.33 Å². The fraction of sp³-hybridized carbons (Fsp3) is 0.0625. The average Bonchev–Trinajstić information content (AvgIpc) is 2.45. The summed E-state index contributed by atoms with van der Waals surface area (Å²) in [5, 5.41) is 1.65. The number of rotatable bonds is 3. The van der Waals surface area contributed by atoms with Gasteiger partial charge in [0, 0.05) is 26.8 Å². The number of halogens is 3. The summed E-state index contributed by atoms with van der Waals surface area (Å²) >= 11 is 6.69. The SMILES string of the molecule is Fc1cc(Br)cc(Oc2nc3ccccc3cc2CBr)c1. The molecule has 0 bridgehead atoms. The van der Waals surface area contributed by atoms with Crippen LogP contribution in [0.25, 0.3) is 10.9 Å². The van der Waals surface area contributed by atoms with Gasteiger partial charge in [0.15, 0.2) is 0 Å². The van der Waals surface area contributed by atoms with Gasteiger partial charge < -0.3 is 4.74 Å². The van der Waals surface area contributed by atoms with E-state index in [2.05, 4.69) is 36.8 Å². The van der Waals surface area contributed by atoms with Gasteiger partial charge in [-0.15, -0.1) is 0 Å². The van der Waals surface area contributed by atoms with Crippen LogP contribution in [0.5, 0.6) is 11.6 Å². The Balaban J connectivity index is 2.06. The Morgan fingerprint density at radius 3 is 2.67 bits per heavy atom. The second kappa shape index (κ2) is 6.12. The summed E-state index contributed by atoms with van der Waals surface area (Å²) in [6.07, 6.45) is 0. The van der Waals surface area contributed by atoms with Crippen LogP contribution >= 0.6 is 31.9 Å². The first-order valence-electron chi connectivity index (χ1n) is 6.24. The summed E-state index contributed by atoms with van der Waals surface area (Å²) < 4.78 is 19.8. The standard InChI is InChI=1S/C16H10Br2FNO/c17-9-11-5-10-3-1-2-4-15(10)20-16(11)21-14-7-12(18)6-13(19)8-14/h1-8H,9H2. The first-order chi connectivity index (χ1) is 10.2. The number of pyridine rings is 1. The second-order valence-corrected chi connectivity index (χ2v) is 5.96. The molecule has 0 radical (unpaired) electrons. The highest BCUT2D eigenvalue weighted by Gasteiger charge is 2.09. The molecule has 3 rings (SSSR count). The van der Waals surface area contributed by atoms with E-state index in [1.165, 1.54) is 12.1 Å². The summed E-state index contributed by atoms with van der Waals surface area (Å²) in [5.74, 6) is 0.524. The molecule has 0 saturated carbocycles. The van der Waals surface area contributed by atoms with Gasteiger partial charge in [-0.1, -0.05) is 50.1 Å². The number of hydrogen-bond acceptors (Lipinski definition) is 2. The Morgan fingerprint density at radius 2 is 1.90 bits per heavy atom. The fourth-order valence-corrected chi connectivity index (χ4v) is 2.87. The molecular formula is C16H10Br2FNO. The molecule has 21 heavy (non-hydrogen) atoms. The highest BCUT2D eigenvalue weighted by molar-refractivity contribution is 9.10. The lowest BCUT2D eigenvalue weighted by Crippen LogP contribution is -1.94. The maximum Gasteiger partial charge on any atom is 0.223 e. The van der Waals surface area contributed by atoms with Gasteiger partial charge in [-0.3, -0.25) is 0 Å². The van der Waals surface area contributed by atoms with Gasteiger partial charge in [0.2, 0.25) is 5.88 Å².